The maximum Gasteiger partial charge on any atom is 0.246 e. The second-order valence-corrected chi connectivity index (χ2v) is 4.56. The van der Waals surface area contributed by atoms with Crippen molar-refractivity contribution in [2.75, 3.05) is 20.2 Å². The van der Waals surface area contributed by atoms with Crippen LogP contribution in [0.3, 0.4) is 0 Å². The molecule has 0 spiro atoms. The smallest absolute Gasteiger partial charge is 0.246 e. The Kier molecular flexibility index (Phi) is 9.50. The van der Waals surface area contributed by atoms with Gasteiger partial charge < -0.3 is 15.4 Å². The lowest BCUT2D eigenvalue weighted by atomic mass is 9.98. The molecule has 2 N–H and O–H groups in total. The molecule has 1 saturated carbocycles. The number of likely N-dealkylation sites (N-methyl/N-ethyl adjacent to an activating group) is 1. The third kappa shape index (κ3) is 7.58. The topological polar surface area (TPSA) is 50.4 Å². The Hall–Kier alpha value is -0.320. The number of nitrogens with one attached hydrogen (secondary N) is 2. The van der Waals surface area contributed by atoms with E-state index in [1.165, 1.54) is 19.3 Å². The Morgan fingerprint density at radius 2 is 2.00 bits per heavy atom. The average Bonchev–Trinajstić information content (AvgIpc) is 2.34. The van der Waals surface area contributed by atoms with E-state index in [1.807, 2.05) is 14.0 Å². The van der Waals surface area contributed by atoms with Gasteiger partial charge in [0.1, 0.15) is 6.61 Å². The third-order valence-electron chi connectivity index (χ3n) is 3.10. The number of hydrogen-bond acceptors (Lipinski definition) is 3. The van der Waals surface area contributed by atoms with E-state index in [1.54, 1.807) is 0 Å². The fraction of sp³-hybridized carbons (Fsp3) is 0.917. The van der Waals surface area contributed by atoms with Crippen LogP contribution in [0.4, 0.5) is 0 Å². The quantitative estimate of drug-likeness (QED) is 0.764. The first-order chi connectivity index (χ1) is 7.72. The molecule has 102 valence electrons. The highest BCUT2D eigenvalue weighted by Gasteiger charge is 2.15. The number of hydrogen-bond donors (Lipinski definition) is 2. The molecule has 4 nitrogen and oxygen atoms in total. The molecule has 0 aromatic carbocycles. The van der Waals surface area contributed by atoms with E-state index < -0.39 is 0 Å². The Morgan fingerprint density at radius 1 is 1.35 bits per heavy atom. The molecular weight excluding hydrogens is 240 g/mol. The van der Waals surface area contributed by atoms with Gasteiger partial charge in [0.25, 0.3) is 0 Å². The van der Waals surface area contributed by atoms with E-state index in [2.05, 4.69) is 10.6 Å². The summed E-state index contributed by atoms with van der Waals surface area (Å²) in [7, 11) is 1.88. The molecule has 0 heterocycles. The molecule has 1 atom stereocenters. The number of rotatable bonds is 6. The van der Waals surface area contributed by atoms with E-state index >= 15 is 0 Å². The van der Waals surface area contributed by atoms with Crippen molar-refractivity contribution in [3.63, 3.8) is 0 Å². The second kappa shape index (κ2) is 9.68. The van der Waals surface area contributed by atoms with Crippen molar-refractivity contribution in [2.24, 2.45) is 0 Å². The molecule has 0 aromatic rings. The van der Waals surface area contributed by atoms with Crippen molar-refractivity contribution < 1.29 is 9.53 Å². The number of carbonyl (C=O) groups excluding carboxylic acids is 1. The lowest BCUT2D eigenvalue weighted by Crippen LogP contribution is -2.39. The number of amides is 1. The molecule has 1 unspecified atom stereocenters. The van der Waals surface area contributed by atoms with Crippen LogP contribution in [0, 0.1) is 0 Å². The summed E-state index contributed by atoms with van der Waals surface area (Å²) in [6.07, 6.45) is 6.32. The van der Waals surface area contributed by atoms with E-state index in [4.69, 9.17) is 4.74 Å². The summed E-state index contributed by atoms with van der Waals surface area (Å²) in [5, 5.41) is 5.92. The molecule has 17 heavy (non-hydrogen) atoms. The van der Waals surface area contributed by atoms with Crippen molar-refractivity contribution in [3.05, 3.63) is 0 Å². The predicted octanol–water partition coefficient (Wildman–Crippen LogP) is 1.48. The zero-order valence-electron chi connectivity index (χ0n) is 10.8. The number of carbonyl (C=O) groups is 1. The van der Waals surface area contributed by atoms with Gasteiger partial charge in [-0.15, -0.1) is 12.4 Å². The monoisotopic (exact) mass is 264 g/mol. The van der Waals surface area contributed by atoms with Gasteiger partial charge in [-0.3, -0.25) is 4.79 Å². The van der Waals surface area contributed by atoms with Gasteiger partial charge in [0.2, 0.25) is 5.91 Å². The summed E-state index contributed by atoms with van der Waals surface area (Å²) in [6.45, 7) is 2.90. The maximum atomic E-state index is 11.4. The van der Waals surface area contributed by atoms with Gasteiger partial charge in [-0.05, 0) is 26.8 Å². The van der Waals surface area contributed by atoms with Gasteiger partial charge in [-0.25, -0.2) is 0 Å². The van der Waals surface area contributed by atoms with Gasteiger partial charge in [-0.1, -0.05) is 19.3 Å². The molecule has 1 fully saturated rings. The molecule has 1 aliphatic rings. The number of ether oxygens (including phenoxy) is 1. The minimum Gasteiger partial charge on any atom is -0.368 e. The van der Waals surface area contributed by atoms with Crippen molar-refractivity contribution in [2.45, 2.75) is 51.2 Å². The zero-order valence-corrected chi connectivity index (χ0v) is 11.6. The first-order valence-corrected chi connectivity index (χ1v) is 6.28. The first kappa shape index (κ1) is 16.7. The standard InChI is InChI=1S/C12H24N2O2.ClH/c1-10(13-2)8-14-12(15)9-16-11-6-4-3-5-7-11;/h10-11,13H,3-9H2,1-2H3,(H,14,15);1H. The third-order valence-corrected chi connectivity index (χ3v) is 3.10. The van der Waals surface area contributed by atoms with Crippen LogP contribution in [0.25, 0.3) is 0 Å². The van der Waals surface area contributed by atoms with E-state index in [-0.39, 0.29) is 24.9 Å². The highest BCUT2D eigenvalue weighted by Crippen LogP contribution is 2.19. The van der Waals surface area contributed by atoms with E-state index in [0.717, 1.165) is 12.8 Å². The first-order valence-electron chi connectivity index (χ1n) is 6.28. The van der Waals surface area contributed by atoms with Crippen LogP contribution in [-0.2, 0) is 9.53 Å². The minimum atomic E-state index is -0.00678. The van der Waals surface area contributed by atoms with Gasteiger partial charge in [0.05, 0.1) is 6.10 Å². The van der Waals surface area contributed by atoms with Crippen LogP contribution >= 0.6 is 12.4 Å². The SMILES string of the molecule is CNC(C)CNC(=O)COC1CCCCC1.Cl. The van der Waals surface area contributed by atoms with Gasteiger partial charge in [-0.2, -0.15) is 0 Å². The van der Waals surface area contributed by atoms with Crippen molar-refractivity contribution >= 4 is 18.3 Å². The van der Waals surface area contributed by atoms with Crippen molar-refractivity contribution in [1.82, 2.24) is 10.6 Å². The minimum absolute atomic E-state index is 0. The van der Waals surface area contributed by atoms with Crippen LogP contribution in [0.2, 0.25) is 0 Å². The van der Waals surface area contributed by atoms with E-state index in [9.17, 15) is 4.79 Å². The van der Waals surface area contributed by atoms with Crippen LogP contribution in [-0.4, -0.2) is 38.3 Å². The Bertz CT molecular complexity index is 209. The van der Waals surface area contributed by atoms with E-state index in [0.29, 0.717) is 18.7 Å². The summed E-state index contributed by atoms with van der Waals surface area (Å²) in [6, 6.07) is 0.304. The number of halogens is 1. The normalized spacial score (nSPS) is 18.2. The molecule has 1 amide bonds. The molecular formula is C12H25ClN2O2. The van der Waals surface area contributed by atoms with Gasteiger partial charge >= 0.3 is 0 Å². The molecule has 0 radical (unpaired) electrons. The highest BCUT2D eigenvalue weighted by atomic mass is 35.5. The lowest BCUT2D eigenvalue weighted by molar-refractivity contribution is -0.128. The fourth-order valence-corrected chi connectivity index (χ4v) is 1.85. The molecule has 0 bridgehead atoms. The average molecular weight is 265 g/mol. The summed E-state index contributed by atoms with van der Waals surface area (Å²) in [5.41, 5.74) is 0. The summed E-state index contributed by atoms with van der Waals surface area (Å²) in [5.74, 6) is -0.00678. The molecule has 1 aliphatic carbocycles. The largest absolute Gasteiger partial charge is 0.368 e. The Morgan fingerprint density at radius 3 is 2.59 bits per heavy atom. The molecule has 0 saturated heterocycles. The van der Waals surface area contributed by atoms with Crippen LogP contribution in [0.1, 0.15) is 39.0 Å². The van der Waals surface area contributed by atoms with Gasteiger partial charge in [0.15, 0.2) is 0 Å². The van der Waals surface area contributed by atoms with Crippen LogP contribution in [0.15, 0.2) is 0 Å². The van der Waals surface area contributed by atoms with Crippen LogP contribution < -0.4 is 10.6 Å². The highest BCUT2D eigenvalue weighted by molar-refractivity contribution is 5.85. The predicted molar refractivity (Wildman–Crippen MR) is 71.6 cm³/mol. The molecule has 0 aliphatic heterocycles. The van der Waals surface area contributed by atoms with Gasteiger partial charge in [0, 0.05) is 12.6 Å². The fourth-order valence-electron chi connectivity index (χ4n) is 1.85. The Balaban J connectivity index is 0.00000256. The summed E-state index contributed by atoms with van der Waals surface area (Å²) >= 11 is 0. The summed E-state index contributed by atoms with van der Waals surface area (Å²) in [4.78, 5) is 11.4. The maximum absolute atomic E-state index is 11.4. The Labute approximate surface area is 110 Å². The molecule has 5 heteroatoms. The lowest BCUT2D eigenvalue weighted by Gasteiger charge is -2.21. The summed E-state index contributed by atoms with van der Waals surface area (Å²) < 4.78 is 5.58. The van der Waals surface area contributed by atoms with Crippen molar-refractivity contribution in [1.29, 1.82) is 0 Å². The molecule has 1 rings (SSSR count). The zero-order chi connectivity index (χ0) is 11.8. The second-order valence-electron chi connectivity index (χ2n) is 4.56. The van der Waals surface area contributed by atoms with Crippen LogP contribution in [0.5, 0.6) is 0 Å². The van der Waals surface area contributed by atoms with Crippen molar-refractivity contribution in [3.8, 4) is 0 Å². The molecule has 0 aromatic heterocycles.